The Bertz CT molecular complexity index is 663. The van der Waals surface area contributed by atoms with E-state index < -0.39 is 0 Å². The molecule has 2 aliphatic heterocycles. The van der Waals surface area contributed by atoms with Crippen molar-refractivity contribution in [2.45, 2.75) is 45.4 Å². The summed E-state index contributed by atoms with van der Waals surface area (Å²) in [5.74, 6) is 1.30. The fourth-order valence-electron chi connectivity index (χ4n) is 4.04. The molecule has 0 saturated carbocycles. The molecule has 0 bridgehead atoms. The lowest BCUT2D eigenvalue weighted by Crippen LogP contribution is -2.51. The van der Waals surface area contributed by atoms with E-state index in [1.165, 1.54) is 18.4 Å². The zero-order valence-electron chi connectivity index (χ0n) is 17.8. The van der Waals surface area contributed by atoms with Crippen LogP contribution in [0.25, 0.3) is 0 Å². The Labute approximate surface area is 174 Å². The third kappa shape index (κ3) is 7.03. The number of piperazine rings is 1. The molecule has 3 rings (SSSR count). The number of benzene rings is 1. The Morgan fingerprint density at radius 2 is 1.59 bits per heavy atom. The van der Waals surface area contributed by atoms with Gasteiger partial charge in [0.05, 0.1) is 13.2 Å². The molecular weight excluding hydrogens is 366 g/mol. The monoisotopic (exact) mass is 401 g/mol. The second kappa shape index (κ2) is 11.2. The van der Waals surface area contributed by atoms with E-state index in [0.29, 0.717) is 32.7 Å². The second-order valence-electron chi connectivity index (χ2n) is 8.22. The van der Waals surface area contributed by atoms with Crippen molar-refractivity contribution in [3.8, 4) is 5.75 Å². The molecule has 2 heterocycles. The number of ether oxygens (including phenoxy) is 1. The molecular formula is C23H35N3O3. The van der Waals surface area contributed by atoms with Crippen LogP contribution in [-0.2, 0) is 9.59 Å². The first kappa shape index (κ1) is 21.6. The number of nitrogens with zero attached hydrogens (tertiary/aromatic N) is 3. The predicted octanol–water partition coefficient (Wildman–Crippen LogP) is 2.70. The molecule has 2 aliphatic rings. The lowest BCUT2D eigenvalue weighted by Gasteiger charge is -2.35. The topological polar surface area (TPSA) is 53.1 Å². The summed E-state index contributed by atoms with van der Waals surface area (Å²) in [6.07, 6.45) is 5.96. The van der Waals surface area contributed by atoms with Gasteiger partial charge in [0.2, 0.25) is 11.8 Å². The zero-order chi connectivity index (χ0) is 20.5. The fraction of sp³-hybridized carbons (Fsp3) is 0.652. The van der Waals surface area contributed by atoms with Crippen molar-refractivity contribution >= 4 is 11.8 Å². The third-order valence-corrected chi connectivity index (χ3v) is 5.84. The Kier molecular flexibility index (Phi) is 8.35. The summed E-state index contributed by atoms with van der Waals surface area (Å²) in [5, 5.41) is 0. The smallest absolute Gasteiger partial charge is 0.236 e. The van der Waals surface area contributed by atoms with Gasteiger partial charge in [-0.25, -0.2) is 0 Å². The van der Waals surface area contributed by atoms with Crippen molar-refractivity contribution in [1.29, 1.82) is 0 Å². The zero-order valence-corrected chi connectivity index (χ0v) is 17.8. The summed E-state index contributed by atoms with van der Waals surface area (Å²) in [6.45, 7) is 7.89. The van der Waals surface area contributed by atoms with Crippen molar-refractivity contribution < 1.29 is 14.3 Å². The third-order valence-electron chi connectivity index (χ3n) is 5.84. The molecule has 2 fully saturated rings. The first-order chi connectivity index (χ1) is 14.1. The van der Waals surface area contributed by atoms with Gasteiger partial charge in [-0.2, -0.15) is 0 Å². The SMILES string of the molecule is Cc1cccc(OCCCC(=O)N2CCN(CC(=O)N3CCCCCC3)CC2)c1. The van der Waals surface area contributed by atoms with Gasteiger partial charge in [-0.1, -0.05) is 25.0 Å². The van der Waals surface area contributed by atoms with Crippen molar-refractivity contribution in [2.24, 2.45) is 0 Å². The van der Waals surface area contributed by atoms with Crippen LogP contribution in [0, 0.1) is 6.92 Å². The minimum Gasteiger partial charge on any atom is -0.494 e. The van der Waals surface area contributed by atoms with Crippen LogP contribution in [0.4, 0.5) is 0 Å². The van der Waals surface area contributed by atoms with Crippen LogP contribution < -0.4 is 4.74 Å². The van der Waals surface area contributed by atoms with Crippen molar-refractivity contribution in [2.75, 3.05) is 52.4 Å². The number of carbonyl (C=O) groups excluding carboxylic acids is 2. The number of likely N-dealkylation sites (tertiary alicyclic amines) is 1. The van der Waals surface area contributed by atoms with E-state index in [2.05, 4.69) is 4.90 Å². The summed E-state index contributed by atoms with van der Waals surface area (Å²) in [5.41, 5.74) is 1.17. The normalized spacial score (nSPS) is 18.4. The summed E-state index contributed by atoms with van der Waals surface area (Å²) in [6, 6.07) is 7.97. The maximum Gasteiger partial charge on any atom is 0.236 e. The van der Waals surface area contributed by atoms with Gasteiger partial charge < -0.3 is 14.5 Å². The van der Waals surface area contributed by atoms with E-state index in [1.54, 1.807) is 0 Å². The highest BCUT2D eigenvalue weighted by Gasteiger charge is 2.24. The van der Waals surface area contributed by atoms with Crippen LogP contribution in [0.5, 0.6) is 5.75 Å². The van der Waals surface area contributed by atoms with E-state index in [9.17, 15) is 9.59 Å². The van der Waals surface area contributed by atoms with Gasteiger partial charge in [0, 0.05) is 45.7 Å². The van der Waals surface area contributed by atoms with E-state index in [1.807, 2.05) is 41.0 Å². The number of aryl methyl sites for hydroxylation is 1. The van der Waals surface area contributed by atoms with Crippen LogP contribution in [0.3, 0.4) is 0 Å². The van der Waals surface area contributed by atoms with Crippen LogP contribution in [-0.4, -0.2) is 78.9 Å². The highest BCUT2D eigenvalue weighted by Crippen LogP contribution is 2.14. The lowest BCUT2D eigenvalue weighted by molar-refractivity contribution is -0.135. The molecule has 1 aromatic rings. The lowest BCUT2D eigenvalue weighted by atomic mass is 10.2. The molecule has 160 valence electrons. The molecule has 2 amide bonds. The summed E-state index contributed by atoms with van der Waals surface area (Å²) in [4.78, 5) is 31.1. The number of hydrogen-bond donors (Lipinski definition) is 0. The molecule has 0 unspecified atom stereocenters. The summed E-state index contributed by atoms with van der Waals surface area (Å²) in [7, 11) is 0. The van der Waals surface area contributed by atoms with E-state index in [4.69, 9.17) is 4.74 Å². The molecule has 0 spiro atoms. The predicted molar refractivity (Wildman–Crippen MR) is 114 cm³/mol. The highest BCUT2D eigenvalue weighted by molar-refractivity contribution is 5.78. The molecule has 2 saturated heterocycles. The average Bonchev–Trinajstić information content (AvgIpc) is 3.01. The Hall–Kier alpha value is -2.08. The molecule has 0 aromatic heterocycles. The second-order valence-corrected chi connectivity index (χ2v) is 8.22. The molecule has 0 atom stereocenters. The standard InChI is InChI=1S/C23H35N3O3/c1-20-8-6-9-21(18-20)29-17-7-10-22(27)26-15-13-24(14-16-26)19-23(28)25-11-4-2-3-5-12-25/h6,8-9,18H,2-5,7,10-17,19H2,1H3. The molecule has 6 heteroatoms. The number of hydrogen-bond acceptors (Lipinski definition) is 4. The van der Waals surface area contributed by atoms with Crippen molar-refractivity contribution in [3.63, 3.8) is 0 Å². The number of carbonyl (C=O) groups is 2. The van der Waals surface area contributed by atoms with E-state index in [0.717, 1.165) is 51.2 Å². The van der Waals surface area contributed by atoms with Gasteiger partial charge in [0.25, 0.3) is 0 Å². The molecule has 6 nitrogen and oxygen atoms in total. The Balaban J connectivity index is 1.31. The van der Waals surface area contributed by atoms with Gasteiger partial charge in [-0.15, -0.1) is 0 Å². The van der Waals surface area contributed by atoms with Gasteiger partial charge >= 0.3 is 0 Å². The highest BCUT2D eigenvalue weighted by atomic mass is 16.5. The van der Waals surface area contributed by atoms with Crippen LogP contribution >= 0.6 is 0 Å². The largest absolute Gasteiger partial charge is 0.494 e. The molecule has 0 radical (unpaired) electrons. The maximum atomic E-state index is 12.5. The number of rotatable bonds is 7. The Morgan fingerprint density at radius 3 is 2.28 bits per heavy atom. The minimum atomic E-state index is 0.191. The number of amides is 2. The van der Waals surface area contributed by atoms with Gasteiger partial charge in [-0.3, -0.25) is 14.5 Å². The first-order valence-electron chi connectivity index (χ1n) is 11.1. The van der Waals surface area contributed by atoms with E-state index >= 15 is 0 Å². The quantitative estimate of drug-likeness (QED) is 0.659. The first-order valence-corrected chi connectivity index (χ1v) is 11.1. The molecule has 29 heavy (non-hydrogen) atoms. The van der Waals surface area contributed by atoms with Crippen molar-refractivity contribution in [3.05, 3.63) is 29.8 Å². The average molecular weight is 402 g/mol. The Morgan fingerprint density at radius 1 is 0.897 bits per heavy atom. The van der Waals surface area contributed by atoms with Gasteiger partial charge in [-0.05, 0) is 43.9 Å². The van der Waals surface area contributed by atoms with Crippen LogP contribution in [0.2, 0.25) is 0 Å². The van der Waals surface area contributed by atoms with E-state index in [-0.39, 0.29) is 11.8 Å². The maximum absolute atomic E-state index is 12.5. The fourth-order valence-corrected chi connectivity index (χ4v) is 4.04. The summed E-state index contributed by atoms with van der Waals surface area (Å²) >= 11 is 0. The van der Waals surface area contributed by atoms with Crippen LogP contribution in [0.15, 0.2) is 24.3 Å². The molecule has 0 aliphatic carbocycles. The summed E-state index contributed by atoms with van der Waals surface area (Å²) < 4.78 is 5.73. The molecule has 1 aromatic carbocycles. The van der Waals surface area contributed by atoms with Crippen molar-refractivity contribution in [1.82, 2.24) is 14.7 Å². The van der Waals surface area contributed by atoms with Gasteiger partial charge in [0.1, 0.15) is 5.75 Å². The molecule has 0 N–H and O–H groups in total. The van der Waals surface area contributed by atoms with Crippen LogP contribution in [0.1, 0.15) is 44.1 Å². The minimum absolute atomic E-state index is 0.191. The van der Waals surface area contributed by atoms with Gasteiger partial charge in [0.15, 0.2) is 0 Å².